The van der Waals surface area contributed by atoms with Crippen LogP contribution in [0.5, 0.6) is 0 Å². The summed E-state index contributed by atoms with van der Waals surface area (Å²) in [5.41, 5.74) is 5.59. The maximum Gasteiger partial charge on any atom is 0.250 e. The number of rotatable bonds is 7. The van der Waals surface area contributed by atoms with Crippen molar-refractivity contribution in [1.29, 1.82) is 0 Å². The van der Waals surface area contributed by atoms with Crippen LogP contribution in [0.3, 0.4) is 0 Å². The van der Waals surface area contributed by atoms with Crippen LogP contribution >= 0.6 is 35.3 Å². The number of halogens is 1. The average Bonchev–Trinajstić information content (AvgIpc) is 2.79. The Morgan fingerprint density at radius 1 is 1.40 bits per heavy atom. The second-order valence-electron chi connectivity index (χ2n) is 3.96. The second kappa shape index (κ2) is 9.53. The summed E-state index contributed by atoms with van der Waals surface area (Å²) < 4.78 is 26.6. The van der Waals surface area contributed by atoms with Crippen LogP contribution in [0.2, 0.25) is 0 Å². The van der Waals surface area contributed by atoms with Crippen LogP contribution in [0.4, 0.5) is 0 Å². The number of hydrogen-bond acceptors (Lipinski definition) is 4. The van der Waals surface area contributed by atoms with Gasteiger partial charge in [-0.3, -0.25) is 4.99 Å². The first-order chi connectivity index (χ1) is 8.95. The summed E-state index contributed by atoms with van der Waals surface area (Å²) >= 11 is 1.25. The predicted octanol–water partition coefficient (Wildman–Crippen LogP) is 1.27. The van der Waals surface area contributed by atoms with E-state index in [0.29, 0.717) is 23.3 Å². The van der Waals surface area contributed by atoms with E-state index in [4.69, 9.17) is 5.73 Å². The van der Waals surface area contributed by atoms with E-state index in [2.05, 4.69) is 15.0 Å². The molecular weight excluding hydrogens is 411 g/mol. The minimum atomic E-state index is -3.41. The fraction of sp³-hybridized carbons (Fsp3) is 0.545. The number of hydrogen-bond donors (Lipinski definition) is 3. The zero-order chi connectivity index (χ0) is 14.3. The van der Waals surface area contributed by atoms with Crippen molar-refractivity contribution in [2.75, 3.05) is 19.6 Å². The molecule has 0 bridgehead atoms. The molecule has 1 heterocycles. The van der Waals surface area contributed by atoms with Gasteiger partial charge in [-0.05, 0) is 25.5 Å². The van der Waals surface area contributed by atoms with Crippen molar-refractivity contribution in [1.82, 2.24) is 10.0 Å². The molecule has 0 amide bonds. The second-order valence-corrected chi connectivity index (χ2v) is 7.24. The van der Waals surface area contributed by atoms with Crippen LogP contribution in [0.25, 0.3) is 0 Å². The lowest BCUT2D eigenvalue weighted by Crippen LogP contribution is -2.38. The summed E-state index contributed by atoms with van der Waals surface area (Å²) in [6.45, 7) is 5.22. The van der Waals surface area contributed by atoms with E-state index in [9.17, 15) is 8.42 Å². The highest BCUT2D eigenvalue weighted by Gasteiger charge is 2.14. The van der Waals surface area contributed by atoms with Gasteiger partial charge in [-0.15, -0.1) is 35.3 Å². The van der Waals surface area contributed by atoms with Crippen molar-refractivity contribution in [3.63, 3.8) is 0 Å². The van der Waals surface area contributed by atoms with Crippen LogP contribution in [-0.4, -0.2) is 34.0 Å². The third-order valence-electron chi connectivity index (χ3n) is 2.21. The minimum absolute atomic E-state index is 0. The molecule has 116 valence electrons. The third kappa shape index (κ3) is 6.86. The van der Waals surface area contributed by atoms with E-state index in [1.807, 2.05) is 13.8 Å². The fourth-order valence-electron chi connectivity index (χ4n) is 1.29. The lowest BCUT2D eigenvalue weighted by atomic mass is 10.5. The molecule has 0 spiro atoms. The summed E-state index contributed by atoms with van der Waals surface area (Å²) in [6, 6.07) is 3.39. The maximum absolute atomic E-state index is 11.9. The van der Waals surface area contributed by atoms with Gasteiger partial charge in [0.1, 0.15) is 4.21 Å². The molecule has 20 heavy (non-hydrogen) atoms. The van der Waals surface area contributed by atoms with E-state index >= 15 is 0 Å². The Kier molecular flexibility index (Phi) is 9.34. The Morgan fingerprint density at radius 2 is 2.10 bits per heavy atom. The molecule has 1 aromatic rings. The monoisotopic (exact) mass is 432 g/mol. The number of aliphatic imine (C=N–C) groups is 1. The smallest absolute Gasteiger partial charge is 0.250 e. The molecule has 0 saturated heterocycles. The molecule has 0 aromatic carbocycles. The number of sulfonamides is 1. The number of nitrogens with zero attached hydrogens (tertiary/aromatic N) is 1. The summed E-state index contributed by atoms with van der Waals surface area (Å²) in [6.07, 6.45) is 0.923. The number of aryl methyl sites for hydroxylation is 1. The first-order valence-electron chi connectivity index (χ1n) is 6.05. The molecule has 0 unspecified atom stereocenters. The van der Waals surface area contributed by atoms with Gasteiger partial charge in [0.15, 0.2) is 5.96 Å². The van der Waals surface area contributed by atoms with Crippen LogP contribution in [0.15, 0.2) is 21.3 Å². The minimum Gasteiger partial charge on any atom is -0.370 e. The maximum atomic E-state index is 11.9. The van der Waals surface area contributed by atoms with Gasteiger partial charge in [0.2, 0.25) is 10.0 Å². The number of nitrogens with two attached hydrogens (primary N) is 1. The SMILES string of the molecule is CCCN=C(N)NCCNS(=O)(=O)c1ccc(C)s1.I. The molecule has 0 saturated carbocycles. The van der Waals surface area contributed by atoms with E-state index < -0.39 is 10.0 Å². The van der Waals surface area contributed by atoms with Crippen LogP contribution in [0, 0.1) is 6.92 Å². The summed E-state index contributed by atoms with van der Waals surface area (Å²) in [4.78, 5) is 5.01. The number of thiophene rings is 1. The Bertz CT molecular complexity index is 528. The van der Waals surface area contributed by atoms with Crippen molar-refractivity contribution in [2.45, 2.75) is 24.5 Å². The van der Waals surface area contributed by atoms with Gasteiger partial charge >= 0.3 is 0 Å². The van der Waals surface area contributed by atoms with Crippen molar-refractivity contribution in [2.24, 2.45) is 10.7 Å². The molecule has 0 atom stereocenters. The molecule has 1 aromatic heterocycles. The molecule has 0 aliphatic rings. The third-order valence-corrected chi connectivity index (χ3v) is 5.16. The van der Waals surface area contributed by atoms with Crippen molar-refractivity contribution >= 4 is 51.3 Å². The Labute approximate surface area is 141 Å². The quantitative estimate of drug-likeness (QED) is 0.262. The number of guanidine groups is 1. The molecule has 0 radical (unpaired) electrons. The van der Waals surface area contributed by atoms with Gasteiger partial charge in [-0.25, -0.2) is 13.1 Å². The normalized spacial score (nSPS) is 12.0. The van der Waals surface area contributed by atoms with Gasteiger partial charge in [0.25, 0.3) is 0 Å². The van der Waals surface area contributed by atoms with Crippen LogP contribution in [-0.2, 0) is 10.0 Å². The van der Waals surface area contributed by atoms with Gasteiger partial charge in [0, 0.05) is 24.5 Å². The van der Waals surface area contributed by atoms with E-state index in [1.54, 1.807) is 12.1 Å². The molecule has 6 nitrogen and oxygen atoms in total. The van der Waals surface area contributed by atoms with Gasteiger partial charge in [-0.1, -0.05) is 6.92 Å². The standard InChI is InChI=1S/C11H20N4O2S2.HI/c1-3-6-13-11(12)14-7-8-15-19(16,17)10-5-4-9(2)18-10;/h4-5,15H,3,6-8H2,1-2H3,(H3,12,13,14);1H. The van der Waals surface area contributed by atoms with E-state index in [0.717, 1.165) is 11.3 Å². The molecule has 0 aliphatic carbocycles. The largest absolute Gasteiger partial charge is 0.370 e. The lowest BCUT2D eigenvalue weighted by Gasteiger charge is -2.07. The molecule has 0 aliphatic heterocycles. The zero-order valence-electron chi connectivity index (χ0n) is 11.5. The van der Waals surface area contributed by atoms with Crippen LogP contribution in [0.1, 0.15) is 18.2 Å². The topological polar surface area (TPSA) is 96.6 Å². The Hall–Kier alpha value is -0.390. The fourth-order valence-corrected chi connectivity index (χ4v) is 3.65. The molecule has 1 rings (SSSR count). The highest BCUT2D eigenvalue weighted by Crippen LogP contribution is 2.19. The Balaban J connectivity index is 0.00000361. The molecule has 4 N–H and O–H groups in total. The van der Waals surface area contributed by atoms with Crippen molar-refractivity contribution in [3.8, 4) is 0 Å². The highest BCUT2D eigenvalue weighted by molar-refractivity contribution is 14.0. The predicted molar refractivity (Wildman–Crippen MR) is 94.4 cm³/mol. The summed E-state index contributed by atoms with van der Waals surface area (Å²) in [7, 11) is -3.41. The first kappa shape index (κ1) is 19.6. The van der Waals surface area contributed by atoms with Crippen molar-refractivity contribution < 1.29 is 8.42 Å². The van der Waals surface area contributed by atoms with E-state index in [-0.39, 0.29) is 30.5 Å². The first-order valence-corrected chi connectivity index (χ1v) is 8.35. The van der Waals surface area contributed by atoms with Gasteiger partial charge < -0.3 is 11.1 Å². The van der Waals surface area contributed by atoms with Gasteiger partial charge in [0.05, 0.1) is 0 Å². The summed E-state index contributed by atoms with van der Waals surface area (Å²) in [5, 5.41) is 2.85. The van der Waals surface area contributed by atoms with E-state index in [1.165, 1.54) is 11.3 Å². The molecule has 9 heteroatoms. The lowest BCUT2D eigenvalue weighted by molar-refractivity contribution is 0.583. The molecule has 0 fully saturated rings. The Morgan fingerprint density at radius 3 is 2.65 bits per heavy atom. The summed E-state index contributed by atoms with van der Waals surface area (Å²) in [5.74, 6) is 0.341. The molecular formula is C11H21IN4O2S2. The highest BCUT2D eigenvalue weighted by atomic mass is 127. The van der Waals surface area contributed by atoms with Crippen LogP contribution < -0.4 is 15.8 Å². The average molecular weight is 432 g/mol. The van der Waals surface area contributed by atoms with Gasteiger partial charge in [-0.2, -0.15) is 0 Å². The zero-order valence-corrected chi connectivity index (χ0v) is 15.5. The number of nitrogens with one attached hydrogen (secondary N) is 2. The van der Waals surface area contributed by atoms with Crippen molar-refractivity contribution in [3.05, 3.63) is 17.0 Å².